The van der Waals surface area contributed by atoms with E-state index in [9.17, 15) is 0 Å². The van der Waals surface area contributed by atoms with E-state index in [1.807, 2.05) is 24.4 Å². The van der Waals surface area contributed by atoms with E-state index in [1.165, 1.54) is 10.9 Å². The van der Waals surface area contributed by atoms with Crippen LogP contribution in [0.2, 0.25) is 0 Å². The minimum absolute atomic E-state index is 0.785. The van der Waals surface area contributed by atoms with Crippen LogP contribution in [0.5, 0.6) is 0 Å². The van der Waals surface area contributed by atoms with Crippen LogP contribution < -0.4 is 0 Å². The lowest BCUT2D eigenvalue weighted by molar-refractivity contribution is 0.815. The molecule has 0 aliphatic carbocycles. The Hall–Kier alpha value is -2.07. The Kier molecular flexibility index (Phi) is 2.63. The standard InChI is InChI=1S/C16H12BrN3/c17-13-4-5-15-12(9-13)6-8-19(15)10-14-11-20-7-2-1-3-16(20)18-14/h1-9,11H,10H2. The van der Waals surface area contributed by atoms with Crippen LogP contribution in [0.25, 0.3) is 16.6 Å². The zero-order valence-corrected chi connectivity index (χ0v) is 12.3. The fraction of sp³-hybridized carbons (Fsp3) is 0.0625. The predicted molar refractivity (Wildman–Crippen MR) is 83.9 cm³/mol. The Morgan fingerprint density at radius 3 is 2.90 bits per heavy atom. The lowest BCUT2D eigenvalue weighted by Crippen LogP contribution is -1.97. The Labute approximate surface area is 124 Å². The third kappa shape index (κ3) is 1.93. The summed E-state index contributed by atoms with van der Waals surface area (Å²) in [5.41, 5.74) is 3.28. The number of rotatable bonds is 2. The quantitative estimate of drug-likeness (QED) is 0.544. The minimum atomic E-state index is 0.785. The van der Waals surface area contributed by atoms with Crippen LogP contribution in [0.1, 0.15) is 5.69 Å². The number of hydrogen-bond donors (Lipinski definition) is 0. The number of halogens is 1. The smallest absolute Gasteiger partial charge is 0.137 e. The molecule has 1 aromatic carbocycles. The van der Waals surface area contributed by atoms with Crippen LogP contribution >= 0.6 is 15.9 Å². The summed E-state index contributed by atoms with van der Waals surface area (Å²) in [5, 5.41) is 1.24. The molecular weight excluding hydrogens is 314 g/mol. The molecule has 20 heavy (non-hydrogen) atoms. The van der Waals surface area contributed by atoms with Gasteiger partial charge in [0.05, 0.1) is 12.2 Å². The highest BCUT2D eigenvalue weighted by atomic mass is 79.9. The van der Waals surface area contributed by atoms with E-state index in [4.69, 9.17) is 0 Å². The van der Waals surface area contributed by atoms with Crippen molar-refractivity contribution in [2.24, 2.45) is 0 Å². The Bertz CT molecular complexity index is 871. The molecule has 0 saturated heterocycles. The number of nitrogens with zero attached hydrogens (tertiary/aromatic N) is 3. The summed E-state index contributed by atoms with van der Waals surface area (Å²) in [6.45, 7) is 0.785. The van der Waals surface area contributed by atoms with Crippen LogP contribution in [0.4, 0.5) is 0 Å². The Balaban J connectivity index is 1.76. The predicted octanol–water partition coefficient (Wildman–Crippen LogP) is 4.10. The monoisotopic (exact) mass is 325 g/mol. The number of aromatic nitrogens is 3. The van der Waals surface area contributed by atoms with E-state index in [0.717, 1.165) is 22.4 Å². The summed E-state index contributed by atoms with van der Waals surface area (Å²) in [6.07, 6.45) is 6.22. The molecule has 4 aromatic rings. The second-order valence-corrected chi connectivity index (χ2v) is 5.76. The fourth-order valence-electron chi connectivity index (χ4n) is 2.55. The average Bonchev–Trinajstić information content (AvgIpc) is 3.02. The van der Waals surface area contributed by atoms with Gasteiger partial charge in [0, 0.05) is 34.0 Å². The molecule has 0 saturated carbocycles. The van der Waals surface area contributed by atoms with Crippen LogP contribution in [0.15, 0.2) is 65.5 Å². The fourth-order valence-corrected chi connectivity index (χ4v) is 2.93. The van der Waals surface area contributed by atoms with Gasteiger partial charge in [-0.2, -0.15) is 0 Å². The van der Waals surface area contributed by atoms with Gasteiger partial charge in [-0.15, -0.1) is 0 Å². The molecule has 0 spiro atoms. The molecule has 0 aliphatic heterocycles. The van der Waals surface area contributed by atoms with Crippen molar-refractivity contribution in [3.05, 3.63) is 71.2 Å². The van der Waals surface area contributed by atoms with Gasteiger partial charge in [-0.1, -0.05) is 22.0 Å². The average molecular weight is 326 g/mol. The molecule has 4 heteroatoms. The first-order valence-corrected chi connectivity index (χ1v) is 7.26. The molecule has 0 atom stereocenters. The van der Waals surface area contributed by atoms with Crippen LogP contribution in [0.3, 0.4) is 0 Å². The molecule has 3 aromatic heterocycles. The number of pyridine rings is 1. The normalized spacial score (nSPS) is 11.4. The van der Waals surface area contributed by atoms with Gasteiger partial charge in [0.15, 0.2) is 0 Å². The third-order valence-electron chi connectivity index (χ3n) is 3.48. The van der Waals surface area contributed by atoms with Crippen LogP contribution in [0, 0.1) is 0 Å². The van der Waals surface area contributed by atoms with Gasteiger partial charge in [0.25, 0.3) is 0 Å². The number of hydrogen-bond acceptors (Lipinski definition) is 1. The van der Waals surface area contributed by atoms with Crippen molar-refractivity contribution in [3.8, 4) is 0 Å². The van der Waals surface area contributed by atoms with Crippen molar-refractivity contribution in [2.75, 3.05) is 0 Å². The lowest BCUT2D eigenvalue weighted by atomic mass is 10.2. The summed E-state index contributed by atoms with van der Waals surface area (Å²) >= 11 is 3.51. The largest absolute Gasteiger partial charge is 0.341 e. The molecule has 0 N–H and O–H groups in total. The highest BCUT2D eigenvalue weighted by molar-refractivity contribution is 9.10. The van der Waals surface area contributed by atoms with Crippen molar-refractivity contribution in [3.63, 3.8) is 0 Å². The SMILES string of the molecule is Brc1ccc2c(ccn2Cc2cn3ccccc3n2)c1. The van der Waals surface area contributed by atoms with Crippen LogP contribution in [-0.2, 0) is 6.54 Å². The summed E-state index contributed by atoms with van der Waals surface area (Å²) < 4.78 is 5.39. The molecule has 0 radical (unpaired) electrons. The minimum Gasteiger partial charge on any atom is -0.341 e. The first-order valence-electron chi connectivity index (χ1n) is 6.47. The van der Waals surface area contributed by atoms with Gasteiger partial charge >= 0.3 is 0 Å². The third-order valence-corrected chi connectivity index (χ3v) is 3.97. The van der Waals surface area contributed by atoms with Gasteiger partial charge in [-0.3, -0.25) is 0 Å². The molecule has 3 heterocycles. The molecule has 0 amide bonds. The van der Waals surface area contributed by atoms with E-state index in [0.29, 0.717) is 0 Å². The second-order valence-electron chi connectivity index (χ2n) is 4.85. The summed E-state index contributed by atoms with van der Waals surface area (Å²) in [7, 11) is 0. The molecule has 0 fully saturated rings. The van der Waals surface area contributed by atoms with E-state index in [2.05, 4.69) is 66.5 Å². The zero-order valence-electron chi connectivity index (χ0n) is 10.7. The van der Waals surface area contributed by atoms with Crippen molar-refractivity contribution in [1.82, 2.24) is 14.0 Å². The van der Waals surface area contributed by atoms with E-state index in [-0.39, 0.29) is 0 Å². The van der Waals surface area contributed by atoms with Gasteiger partial charge in [0.2, 0.25) is 0 Å². The summed E-state index contributed by atoms with van der Waals surface area (Å²) in [6, 6.07) is 14.5. The van der Waals surface area contributed by atoms with Crippen molar-refractivity contribution < 1.29 is 0 Å². The molecule has 3 nitrogen and oxygen atoms in total. The molecule has 4 rings (SSSR count). The topological polar surface area (TPSA) is 22.2 Å². The highest BCUT2D eigenvalue weighted by Gasteiger charge is 2.05. The maximum atomic E-state index is 4.64. The molecule has 0 unspecified atom stereocenters. The van der Waals surface area contributed by atoms with E-state index < -0.39 is 0 Å². The second kappa shape index (κ2) is 4.49. The molecule has 98 valence electrons. The molecule has 0 bridgehead atoms. The Morgan fingerprint density at radius 2 is 2.00 bits per heavy atom. The molecular formula is C16H12BrN3. The number of fused-ring (bicyclic) bond motifs is 2. The van der Waals surface area contributed by atoms with Gasteiger partial charge in [0.1, 0.15) is 5.65 Å². The van der Waals surface area contributed by atoms with Gasteiger partial charge in [-0.05, 0) is 36.4 Å². The summed E-state index contributed by atoms with van der Waals surface area (Å²) in [5.74, 6) is 0. The van der Waals surface area contributed by atoms with Crippen molar-refractivity contribution >= 4 is 32.5 Å². The number of imidazole rings is 1. The maximum absolute atomic E-state index is 4.64. The van der Waals surface area contributed by atoms with E-state index in [1.54, 1.807) is 0 Å². The number of benzene rings is 1. The summed E-state index contributed by atoms with van der Waals surface area (Å²) in [4.78, 5) is 4.64. The van der Waals surface area contributed by atoms with Gasteiger partial charge < -0.3 is 8.97 Å². The van der Waals surface area contributed by atoms with Crippen LogP contribution in [-0.4, -0.2) is 14.0 Å². The zero-order chi connectivity index (χ0) is 13.5. The molecule has 0 aliphatic rings. The first kappa shape index (κ1) is 11.7. The Morgan fingerprint density at radius 1 is 1.05 bits per heavy atom. The highest BCUT2D eigenvalue weighted by Crippen LogP contribution is 2.21. The van der Waals surface area contributed by atoms with E-state index >= 15 is 0 Å². The van der Waals surface area contributed by atoms with Crippen molar-refractivity contribution in [2.45, 2.75) is 6.54 Å². The lowest BCUT2D eigenvalue weighted by Gasteiger charge is -2.02. The first-order chi connectivity index (χ1) is 9.79. The van der Waals surface area contributed by atoms with Gasteiger partial charge in [-0.25, -0.2) is 4.98 Å². The maximum Gasteiger partial charge on any atom is 0.137 e. The van der Waals surface area contributed by atoms with Crippen molar-refractivity contribution in [1.29, 1.82) is 0 Å².